The monoisotopic (exact) mass is 821 g/mol. The van der Waals surface area contributed by atoms with Gasteiger partial charge in [0, 0.05) is 19.3 Å². The predicted molar refractivity (Wildman–Crippen MR) is 251 cm³/mol. The van der Waals surface area contributed by atoms with Gasteiger partial charge in [0.05, 0.1) is 0 Å². The fourth-order valence-corrected chi connectivity index (χ4v) is 6.33. The first-order chi connectivity index (χ1) is 29.0. The Hall–Kier alpha value is -3.41. The van der Waals surface area contributed by atoms with E-state index in [-0.39, 0.29) is 31.1 Å². The molecule has 0 aromatic heterocycles. The first-order valence-corrected chi connectivity index (χ1v) is 24.1. The van der Waals surface area contributed by atoms with Gasteiger partial charge < -0.3 is 14.2 Å². The molecule has 0 rings (SSSR count). The SMILES string of the molecule is CC/C=C/C=C/C=C/CCCCCCCC(=O)OCC(COC(=O)CCCCCC/C=C/C/C=C/C/C=C/CC)OC(=O)CCCCC/C=C/CCCCCCCCC. The molecule has 0 aromatic carbocycles. The second-order valence-corrected chi connectivity index (χ2v) is 15.7. The van der Waals surface area contributed by atoms with Crippen molar-refractivity contribution in [2.75, 3.05) is 13.2 Å². The molecule has 0 saturated carbocycles. The van der Waals surface area contributed by atoms with Crippen molar-refractivity contribution < 1.29 is 28.6 Å². The molecule has 6 heteroatoms. The van der Waals surface area contributed by atoms with Crippen molar-refractivity contribution >= 4 is 17.9 Å². The van der Waals surface area contributed by atoms with Crippen LogP contribution in [-0.4, -0.2) is 37.2 Å². The molecule has 0 saturated heterocycles. The van der Waals surface area contributed by atoms with E-state index in [4.69, 9.17) is 14.2 Å². The lowest BCUT2D eigenvalue weighted by Crippen LogP contribution is -2.30. The summed E-state index contributed by atoms with van der Waals surface area (Å²) in [7, 11) is 0. The van der Waals surface area contributed by atoms with Crippen molar-refractivity contribution in [1.29, 1.82) is 0 Å². The summed E-state index contributed by atoms with van der Waals surface area (Å²) in [5.74, 6) is -0.964. The summed E-state index contributed by atoms with van der Waals surface area (Å²) < 4.78 is 16.7. The summed E-state index contributed by atoms with van der Waals surface area (Å²) in [4.78, 5) is 37.8. The van der Waals surface area contributed by atoms with Crippen LogP contribution in [0.2, 0.25) is 0 Å². The van der Waals surface area contributed by atoms with Gasteiger partial charge in [0.15, 0.2) is 6.10 Å². The van der Waals surface area contributed by atoms with Crippen LogP contribution in [0.4, 0.5) is 0 Å². The van der Waals surface area contributed by atoms with Crippen LogP contribution in [0.3, 0.4) is 0 Å². The van der Waals surface area contributed by atoms with Crippen LogP contribution in [0.15, 0.2) is 85.1 Å². The molecule has 0 aliphatic rings. The summed E-state index contributed by atoms with van der Waals surface area (Å²) in [6, 6.07) is 0. The van der Waals surface area contributed by atoms with E-state index in [9.17, 15) is 14.4 Å². The van der Waals surface area contributed by atoms with Gasteiger partial charge in [-0.05, 0) is 96.3 Å². The normalized spacial score (nSPS) is 12.8. The molecule has 1 atom stereocenters. The molecule has 0 aliphatic heterocycles. The van der Waals surface area contributed by atoms with Crippen molar-refractivity contribution in [3.05, 3.63) is 85.1 Å². The number of hydrogen-bond acceptors (Lipinski definition) is 6. The van der Waals surface area contributed by atoms with Crippen molar-refractivity contribution in [2.45, 2.75) is 219 Å². The summed E-state index contributed by atoms with van der Waals surface area (Å²) in [6.07, 6.45) is 59.9. The summed E-state index contributed by atoms with van der Waals surface area (Å²) in [5, 5.41) is 0. The Morgan fingerprint density at radius 1 is 0.373 bits per heavy atom. The van der Waals surface area contributed by atoms with Gasteiger partial charge in [0.25, 0.3) is 0 Å². The lowest BCUT2D eigenvalue weighted by molar-refractivity contribution is -0.167. The molecule has 0 aliphatic carbocycles. The van der Waals surface area contributed by atoms with Crippen LogP contribution in [0.25, 0.3) is 0 Å². The molecule has 0 amide bonds. The topological polar surface area (TPSA) is 78.9 Å². The van der Waals surface area contributed by atoms with Gasteiger partial charge in [-0.1, -0.05) is 183 Å². The van der Waals surface area contributed by atoms with Crippen molar-refractivity contribution in [3.8, 4) is 0 Å². The number of hydrogen-bond donors (Lipinski definition) is 0. The van der Waals surface area contributed by atoms with E-state index in [0.717, 1.165) is 128 Å². The molecule has 0 N–H and O–H groups in total. The van der Waals surface area contributed by atoms with Crippen LogP contribution in [0.5, 0.6) is 0 Å². The third-order valence-electron chi connectivity index (χ3n) is 9.93. The van der Waals surface area contributed by atoms with E-state index in [1.807, 2.05) is 0 Å². The van der Waals surface area contributed by atoms with Crippen LogP contribution in [0, 0.1) is 0 Å². The highest BCUT2D eigenvalue weighted by Gasteiger charge is 2.19. The van der Waals surface area contributed by atoms with Gasteiger partial charge >= 0.3 is 17.9 Å². The zero-order valence-electron chi connectivity index (χ0n) is 38.2. The zero-order valence-corrected chi connectivity index (χ0v) is 38.2. The maximum Gasteiger partial charge on any atom is 0.306 e. The van der Waals surface area contributed by atoms with Gasteiger partial charge in [-0.3, -0.25) is 14.4 Å². The van der Waals surface area contributed by atoms with Gasteiger partial charge in [-0.25, -0.2) is 0 Å². The molecule has 0 radical (unpaired) electrons. The van der Waals surface area contributed by atoms with Crippen LogP contribution < -0.4 is 0 Å². The molecule has 1 unspecified atom stereocenters. The average molecular weight is 821 g/mol. The number of allylic oxidation sites excluding steroid dienone is 14. The van der Waals surface area contributed by atoms with Crippen LogP contribution in [0.1, 0.15) is 213 Å². The van der Waals surface area contributed by atoms with Gasteiger partial charge in [0.2, 0.25) is 0 Å². The second-order valence-electron chi connectivity index (χ2n) is 15.7. The highest BCUT2D eigenvalue weighted by molar-refractivity contribution is 5.71. The Balaban J connectivity index is 4.48. The maximum absolute atomic E-state index is 12.8. The minimum Gasteiger partial charge on any atom is -0.462 e. The zero-order chi connectivity index (χ0) is 43.0. The average Bonchev–Trinajstić information content (AvgIpc) is 3.23. The van der Waals surface area contributed by atoms with Gasteiger partial charge in [-0.2, -0.15) is 0 Å². The number of carbonyl (C=O) groups excluding carboxylic acids is 3. The van der Waals surface area contributed by atoms with Crippen LogP contribution >= 0.6 is 0 Å². The minimum absolute atomic E-state index is 0.102. The third kappa shape index (κ3) is 45.5. The lowest BCUT2D eigenvalue weighted by atomic mass is 10.1. The molecule has 0 fully saturated rings. The van der Waals surface area contributed by atoms with E-state index < -0.39 is 6.10 Å². The molecule has 0 spiro atoms. The van der Waals surface area contributed by atoms with Crippen molar-refractivity contribution in [1.82, 2.24) is 0 Å². The second kappa shape index (κ2) is 47.3. The Morgan fingerprint density at radius 3 is 1.25 bits per heavy atom. The van der Waals surface area contributed by atoms with E-state index in [0.29, 0.717) is 19.3 Å². The highest BCUT2D eigenvalue weighted by Crippen LogP contribution is 2.13. The number of esters is 3. The first kappa shape index (κ1) is 55.6. The Kier molecular flexibility index (Phi) is 44.5. The van der Waals surface area contributed by atoms with Crippen molar-refractivity contribution in [2.24, 2.45) is 0 Å². The largest absolute Gasteiger partial charge is 0.462 e. The minimum atomic E-state index is -0.801. The lowest BCUT2D eigenvalue weighted by Gasteiger charge is -2.18. The van der Waals surface area contributed by atoms with E-state index in [1.165, 1.54) is 44.9 Å². The Morgan fingerprint density at radius 2 is 0.746 bits per heavy atom. The number of carbonyl (C=O) groups is 3. The quantitative estimate of drug-likeness (QED) is 0.0201. The number of unbranched alkanes of at least 4 members (excludes halogenated alkanes) is 19. The molecule has 0 aromatic rings. The van der Waals surface area contributed by atoms with E-state index in [2.05, 4.69) is 106 Å². The molecule has 0 bridgehead atoms. The summed E-state index contributed by atoms with van der Waals surface area (Å²) >= 11 is 0. The third-order valence-corrected chi connectivity index (χ3v) is 9.93. The van der Waals surface area contributed by atoms with Crippen LogP contribution in [-0.2, 0) is 28.6 Å². The van der Waals surface area contributed by atoms with E-state index >= 15 is 0 Å². The standard InChI is InChI=1S/C53H88O6/c1-4-7-10-13-16-19-22-25-28-31-34-37-40-43-46-52(55)58-49-50(48-57-51(54)45-42-39-36-33-30-27-24-21-18-15-12-9-6-3)59-53(56)47-44-41-38-35-32-29-26-23-20-17-14-11-8-5-2/h7,9-10,12,15-16,18-19,21,24-25,28-29,32,50H,4-6,8,11,13-14,17,20,22-23,26-27,30-31,33-49H2,1-3H3/b10-7+,12-9+,18-15+,19-16+,24-21+,28-25+,32-29+. The summed E-state index contributed by atoms with van der Waals surface area (Å²) in [5.41, 5.74) is 0. The fourth-order valence-electron chi connectivity index (χ4n) is 6.33. The fraction of sp³-hybridized carbons (Fsp3) is 0.679. The summed E-state index contributed by atoms with van der Waals surface area (Å²) in [6.45, 7) is 6.32. The van der Waals surface area contributed by atoms with Gasteiger partial charge in [0.1, 0.15) is 13.2 Å². The molecule has 336 valence electrons. The Bertz CT molecular complexity index is 1170. The maximum atomic E-state index is 12.8. The predicted octanol–water partition coefficient (Wildman–Crippen LogP) is 15.6. The Labute approximate surface area is 363 Å². The molecule has 6 nitrogen and oxygen atoms in total. The number of rotatable bonds is 42. The first-order valence-electron chi connectivity index (χ1n) is 24.1. The molecular formula is C53H88O6. The van der Waals surface area contributed by atoms with Crippen molar-refractivity contribution in [3.63, 3.8) is 0 Å². The molecular weight excluding hydrogens is 733 g/mol. The van der Waals surface area contributed by atoms with E-state index in [1.54, 1.807) is 0 Å². The molecule has 59 heavy (non-hydrogen) atoms. The highest BCUT2D eigenvalue weighted by atomic mass is 16.6. The van der Waals surface area contributed by atoms with Gasteiger partial charge in [-0.15, -0.1) is 0 Å². The smallest absolute Gasteiger partial charge is 0.306 e. The molecule has 0 heterocycles. The number of ether oxygens (including phenoxy) is 3.